The van der Waals surface area contributed by atoms with Crippen molar-refractivity contribution in [3.8, 4) is 5.69 Å². The fourth-order valence-electron chi connectivity index (χ4n) is 2.44. The molecule has 3 rings (SSSR count). The maximum absolute atomic E-state index is 14.3. The van der Waals surface area contributed by atoms with E-state index in [1.54, 1.807) is 41.9 Å². The molecular weight excluding hydrogens is 431 g/mol. The van der Waals surface area contributed by atoms with Crippen molar-refractivity contribution in [3.05, 3.63) is 68.6 Å². The van der Waals surface area contributed by atoms with Crippen LogP contribution in [0.3, 0.4) is 0 Å². The van der Waals surface area contributed by atoms with Crippen LogP contribution in [-0.4, -0.2) is 27.2 Å². The second-order valence-electron chi connectivity index (χ2n) is 5.92. The molecule has 0 bridgehead atoms. The smallest absolute Gasteiger partial charge is 0.243 e. The summed E-state index contributed by atoms with van der Waals surface area (Å²) < 4.78 is 16.5. The predicted molar refractivity (Wildman–Crippen MR) is 108 cm³/mol. The molecule has 5 nitrogen and oxygen atoms in total. The lowest BCUT2D eigenvalue weighted by Crippen LogP contribution is -2.22. The van der Waals surface area contributed by atoms with Gasteiger partial charge in [0.1, 0.15) is 11.5 Å². The zero-order chi connectivity index (χ0) is 19.2. The van der Waals surface area contributed by atoms with Crippen LogP contribution in [0.2, 0.25) is 0 Å². The Morgan fingerprint density at radius 2 is 2.30 bits per heavy atom. The second kappa shape index (κ2) is 9.05. The number of nitrogens with zero attached hydrogens (tertiary/aromatic N) is 3. The van der Waals surface area contributed by atoms with Crippen LogP contribution in [0.5, 0.6) is 0 Å². The van der Waals surface area contributed by atoms with Gasteiger partial charge in [-0.1, -0.05) is 6.07 Å². The van der Waals surface area contributed by atoms with E-state index in [1.165, 1.54) is 16.8 Å². The molecule has 0 aliphatic rings. The first-order chi connectivity index (χ1) is 13.0. The van der Waals surface area contributed by atoms with Gasteiger partial charge in [-0.15, -0.1) is 11.3 Å². The van der Waals surface area contributed by atoms with Gasteiger partial charge in [0, 0.05) is 36.3 Å². The summed E-state index contributed by atoms with van der Waals surface area (Å²) in [5.41, 5.74) is 1.98. The zero-order valence-electron chi connectivity index (χ0n) is 14.7. The van der Waals surface area contributed by atoms with Crippen molar-refractivity contribution in [2.75, 3.05) is 6.54 Å². The summed E-state index contributed by atoms with van der Waals surface area (Å²) in [6.07, 6.45) is 7.94. The number of carbonyl (C=O) groups excluding carboxylic acids is 1. The molecule has 140 valence electrons. The minimum absolute atomic E-state index is 0.203. The Labute approximate surface area is 169 Å². The quantitative estimate of drug-likeness (QED) is 0.432. The monoisotopic (exact) mass is 448 g/mol. The minimum Gasteiger partial charge on any atom is -0.353 e. The first kappa shape index (κ1) is 19.4. The van der Waals surface area contributed by atoms with Gasteiger partial charge in [0.05, 0.1) is 15.7 Å². The Kier molecular flexibility index (Phi) is 6.52. The van der Waals surface area contributed by atoms with Gasteiger partial charge in [0.2, 0.25) is 5.91 Å². The highest BCUT2D eigenvalue weighted by atomic mass is 79.9. The average Bonchev–Trinajstić information content (AvgIpc) is 3.25. The highest BCUT2D eigenvalue weighted by Gasteiger charge is 2.06. The summed E-state index contributed by atoms with van der Waals surface area (Å²) in [6, 6.07) is 4.74. The van der Waals surface area contributed by atoms with E-state index in [0.717, 1.165) is 28.0 Å². The van der Waals surface area contributed by atoms with Gasteiger partial charge in [0.25, 0.3) is 0 Å². The van der Waals surface area contributed by atoms with Gasteiger partial charge in [0.15, 0.2) is 0 Å². The molecule has 0 spiro atoms. The molecule has 0 saturated carbocycles. The molecule has 0 saturated heterocycles. The van der Waals surface area contributed by atoms with Crippen molar-refractivity contribution in [2.45, 2.75) is 19.8 Å². The summed E-state index contributed by atoms with van der Waals surface area (Å²) in [7, 11) is 0. The molecular formula is C19H18BrFN4OS. The van der Waals surface area contributed by atoms with Crippen LogP contribution in [0, 0.1) is 12.7 Å². The number of aryl methyl sites for hydroxylation is 2. The van der Waals surface area contributed by atoms with Gasteiger partial charge in [-0.3, -0.25) is 4.79 Å². The van der Waals surface area contributed by atoms with Gasteiger partial charge in [-0.05, 0) is 53.0 Å². The van der Waals surface area contributed by atoms with Gasteiger partial charge < -0.3 is 5.32 Å². The van der Waals surface area contributed by atoms with Crippen molar-refractivity contribution in [1.29, 1.82) is 0 Å². The number of amides is 1. The molecule has 2 aromatic heterocycles. The van der Waals surface area contributed by atoms with Crippen molar-refractivity contribution >= 4 is 39.2 Å². The van der Waals surface area contributed by atoms with E-state index in [-0.39, 0.29) is 5.91 Å². The van der Waals surface area contributed by atoms with Crippen molar-refractivity contribution in [1.82, 2.24) is 20.1 Å². The normalized spacial score (nSPS) is 11.2. The summed E-state index contributed by atoms with van der Waals surface area (Å²) >= 11 is 4.92. The Balaban J connectivity index is 1.49. The van der Waals surface area contributed by atoms with Gasteiger partial charge >= 0.3 is 0 Å². The first-order valence-electron chi connectivity index (χ1n) is 8.38. The predicted octanol–water partition coefficient (Wildman–Crippen LogP) is 4.30. The maximum atomic E-state index is 14.3. The summed E-state index contributed by atoms with van der Waals surface area (Å²) in [4.78, 5) is 16.3. The average molecular weight is 449 g/mol. The largest absolute Gasteiger partial charge is 0.353 e. The lowest BCUT2D eigenvalue weighted by Gasteiger charge is -2.04. The first-order valence-corrected chi connectivity index (χ1v) is 10.1. The lowest BCUT2D eigenvalue weighted by molar-refractivity contribution is -0.116. The number of hydrogen-bond acceptors (Lipinski definition) is 4. The van der Waals surface area contributed by atoms with E-state index in [1.807, 2.05) is 12.3 Å². The molecule has 0 fully saturated rings. The third-order valence-electron chi connectivity index (χ3n) is 3.73. The molecule has 1 amide bonds. The minimum atomic E-state index is -0.410. The Morgan fingerprint density at radius 3 is 2.96 bits per heavy atom. The molecule has 2 heterocycles. The third-order valence-corrected chi connectivity index (χ3v) is 5.17. The number of carbonyl (C=O) groups is 1. The maximum Gasteiger partial charge on any atom is 0.243 e. The second-order valence-corrected chi connectivity index (χ2v) is 7.78. The molecule has 3 aromatic rings. The Hall–Kier alpha value is -2.32. The molecule has 1 aromatic carbocycles. The fraction of sp³-hybridized carbons (Fsp3) is 0.211. The van der Waals surface area contributed by atoms with E-state index in [4.69, 9.17) is 0 Å². The molecule has 1 N–H and O–H groups in total. The number of hydrogen-bond donors (Lipinski definition) is 1. The molecule has 0 atom stereocenters. The fourth-order valence-corrected chi connectivity index (χ4v) is 3.55. The van der Waals surface area contributed by atoms with E-state index in [0.29, 0.717) is 17.8 Å². The molecule has 0 unspecified atom stereocenters. The summed E-state index contributed by atoms with van der Waals surface area (Å²) in [5, 5.41) is 9.98. The number of halogens is 2. The number of thiazole rings is 1. The van der Waals surface area contributed by atoms with Crippen LogP contribution in [0.1, 0.15) is 22.7 Å². The standard InChI is InChI=1S/C19H18BrFN4OS/c1-13-12-27-19(24-13)3-2-8-22-18(26)7-5-14-4-6-17(16(21)9-14)25-11-15(20)10-23-25/h4-7,9-12H,2-3,8H2,1H3,(H,22,26)/b7-5+. The van der Waals surface area contributed by atoms with Crippen LogP contribution < -0.4 is 5.32 Å². The van der Waals surface area contributed by atoms with Crippen LogP contribution >= 0.6 is 27.3 Å². The zero-order valence-corrected chi connectivity index (χ0v) is 17.1. The number of aromatic nitrogens is 3. The number of rotatable bonds is 7. The molecule has 0 radical (unpaired) electrons. The van der Waals surface area contributed by atoms with Crippen LogP contribution in [-0.2, 0) is 11.2 Å². The van der Waals surface area contributed by atoms with E-state index in [2.05, 4.69) is 31.3 Å². The SMILES string of the molecule is Cc1csc(CCCNC(=O)/C=C/c2ccc(-n3cc(Br)cn3)c(F)c2)n1. The Bertz CT molecular complexity index is 966. The number of benzene rings is 1. The van der Waals surface area contributed by atoms with E-state index >= 15 is 0 Å². The van der Waals surface area contributed by atoms with Crippen LogP contribution in [0.15, 0.2) is 46.5 Å². The summed E-state index contributed by atoms with van der Waals surface area (Å²) in [5.74, 6) is -0.613. The van der Waals surface area contributed by atoms with Crippen molar-refractivity contribution in [3.63, 3.8) is 0 Å². The molecule has 0 aliphatic heterocycles. The van der Waals surface area contributed by atoms with E-state index < -0.39 is 5.82 Å². The molecule has 0 aliphatic carbocycles. The van der Waals surface area contributed by atoms with Gasteiger partial charge in [-0.2, -0.15) is 5.10 Å². The van der Waals surface area contributed by atoms with Crippen LogP contribution in [0.4, 0.5) is 4.39 Å². The topological polar surface area (TPSA) is 59.8 Å². The lowest BCUT2D eigenvalue weighted by atomic mass is 10.2. The van der Waals surface area contributed by atoms with Crippen LogP contribution in [0.25, 0.3) is 11.8 Å². The molecule has 27 heavy (non-hydrogen) atoms. The Morgan fingerprint density at radius 1 is 1.44 bits per heavy atom. The van der Waals surface area contributed by atoms with Gasteiger partial charge in [-0.25, -0.2) is 14.1 Å². The highest BCUT2D eigenvalue weighted by molar-refractivity contribution is 9.10. The van der Waals surface area contributed by atoms with Crippen molar-refractivity contribution in [2.24, 2.45) is 0 Å². The highest BCUT2D eigenvalue weighted by Crippen LogP contribution is 2.18. The van der Waals surface area contributed by atoms with Crippen molar-refractivity contribution < 1.29 is 9.18 Å². The summed E-state index contributed by atoms with van der Waals surface area (Å²) in [6.45, 7) is 2.54. The van der Waals surface area contributed by atoms with E-state index in [9.17, 15) is 9.18 Å². The number of nitrogens with one attached hydrogen (secondary N) is 1. The third kappa shape index (κ3) is 5.58. The molecule has 8 heteroatoms.